The van der Waals surface area contributed by atoms with Crippen molar-refractivity contribution in [3.8, 4) is 6.07 Å². The molecule has 1 aromatic rings. The molecule has 0 aliphatic heterocycles. The molecule has 3 heteroatoms. The molecule has 0 bridgehead atoms. The molecule has 0 spiro atoms. The van der Waals surface area contributed by atoms with Gasteiger partial charge in [-0.05, 0) is 43.5 Å². The third-order valence-electron chi connectivity index (χ3n) is 4.05. The summed E-state index contributed by atoms with van der Waals surface area (Å²) in [6, 6.07) is 10.5. The van der Waals surface area contributed by atoms with E-state index in [-0.39, 0.29) is 0 Å². The van der Waals surface area contributed by atoms with Crippen molar-refractivity contribution in [2.45, 2.75) is 31.7 Å². The van der Waals surface area contributed by atoms with E-state index in [1.54, 1.807) is 0 Å². The summed E-state index contributed by atoms with van der Waals surface area (Å²) >= 11 is 0. The second-order valence-electron chi connectivity index (χ2n) is 5.12. The van der Waals surface area contributed by atoms with Crippen LogP contribution < -0.4 is 10.6 Å². The fourth-order valence-corrected chi connectivity index (χ4v) is 2.96. The molecule has 18 heavy (non-hydrogen) atoms. The second kappa shape index (κ2) is 5.88. The zero-order valence-electron chi connectivity index (χ0n) is 11.0. The summed E-state index contributed by atoms with van der Waals surface area (Å²) in [5.74, 6) is 0.578. The fourth-order valence-electron chi connectivity index (χ4n) is 2.96. The predicted molar refractivity (Wildman–Crippen MR) is 74.4 cm³/mol. The average Bonchev–Trinajstić information content (AvgIpc) is 2.46. The van der Waals surface area contributed by atoms with Gasteiger partial charge in [-0.2, -0.15) is 5.26 Å². The standard InChI is InChI=1S/C15H21N3/c1-18(14-7-4-5-12(9-14)10-16)15-8-3-2-6-13(15)11-17/h4-5,7,9,13,15H,2-3,6,8,11,17H2,1H3. The Kier molecular flexibility index (Phi) is 4.22. The van der Waals surface area contributed by atoms with Gasteiger partial charge in [-0.15, -0.1) is 0 Å². The number of anilines is 1. The summed E-state index contributed by atoms with van der Waals surface area (Å²) < 4.78 is 0. The van der Waals surface area contributed by atoms with Crippen LogP contribution in [-0.4, -0.2) is 19.6 Å². The van der Waals surface area contributed by atoms with Gasteiger partial charge in [-0.25, -0.2) is 0 Å². The third-order valence-corrected chi connectivity index (χ3v) is 4.05. The molecule has 0 amide bonds. The van der Waals surface area contributed by atoms with Crippen LogP contribution in [0.5, 0.6) is 0 Å². The minimum absolute atomic E-state index is 0.512. The first kappa shape index (κ1) is 12.9. The topological polar surface area (TPSA) is 53.0 Å². The van der Waals surface area contributed by atoms with E-state index in [4.69, 9.17) is 11.0 Å². The van der Waals surface area contributed by atoms with Crippen LogP contribution in [-0.2, 0) is 0 Å². The number of benzene rings is 1. The molecular weight excluding hydrogens is 222 g/mol. The lowest BCUT2D eigenvalue weighted by Crippen LogP contribution is -2.43. The zero-order chi connectivity index (χ0) is 13.0. The first-order chi connectivity index (χ1) is 8.76. The quantitative estimate of drug-likeness (QED) is 0.887. The highest BCUT2D eigenvalue weighted by Crippen LogP contribution is 2.30. The van der Waals surface area contributed by atoms with Crippen LogP contribution in [0.4, 0.5) is 5.69 Å². The maximum absolute atomic E-state index is 8.96. The van der Waals surface area contributed by atoms with Crippen LogP contribution in [0.3, 0.4) is 0 Å². The van der Waals surface area contributed by atoms with Crippen molar-refractivity contribution in [2.75, 3.05) is 18.5 Å². The first-order valence-corrected chi connectivity index (χ1v) is 6.69. The molecule has 3 nitrogen and oxygen atoms in total. The van der Waals surface area contributed by atoms with Gasteiger partial charge < -0.3 is 10.6 Å². The number of hydrogen-bond donors (Lipinski definition) is 1. The lowest BCUT2D eigenvalue weighted by atomic mass is 9.83. The monoisotopic (exact) mass is 243 g/mol. The molecule has 0 aromatic heterocycles. The molecule has 0 radical (unpaired) electrons. The van der Waals surface area contributed by atoms with Crippen LogP contribution >= 0.6 is 0 Å². The minimum Gasteiger partial charge on any atom is -0.371 e. The molecule has 2 rings (SSSR count). The molecule has 1 saturated carbocycles. The van der Waals surface area contributed by atoms with E-state index < -0.39 is 0 Å². The number of nitrogens with zero attached hydrogens (tertiary/aromatic N) is 2. The van der Waals surface area contributed by atoms with Crippen molar-refractivity contribution < 1.29 is 0 Å². The van der Waals surface area contributed by atoms with E-state index in [2.05, 4.69) is 24.1 Å². The van der Waals surface area contributed by atoms with Crippen molar-refractivity contribution in [2.24, 2.45) is 11.7 Å². The summed E-state index contributed by atoms with van der Waals surface area (Å²) in [5, 5.41) is 8.96. The van der Waals surface area contributed by atoms with Crippen molar-refractivity contribution in [3.05, 3.63) is 29.8 Å². The average molecular weight is 243 g/mol. The molecule has 1 fully saturated rings. The lowest BCUT2D eigenvalue weighted by Gasteiger charge is -2.39. The molecule has 0 saturated heterocycles. The van der Waals surface area contributed by atoms with E-state index >= 15 is 0 Å². The second-order valence-corrected chi connectivity index (χ2v) is 5.12. The van der Waals surface area contributed by atoms with Crippen LogP contribution in [0.25, 0.3) is 0 Å². The number of nitrogens with two attached hydrogens (primary N) is 1. The predicted octanol–water partition coefficient (Wildman–Crippen LogP) is 2.51. The molecule has 0 heterocycles. The van der Waals surface area contributed by atoms with Gasteiger partial charge in [0.05, 0.1) is 11.6 Å². The smallest absolute Gasteiger partial charge is 0.0992 e. The number of nitriles is 1. The Bertz CT molecular complexity index is 436. The van der Waals surface area contributed by atoms with Crippen LogP contribution in [0.2, 0.25) is 0 Å². The Morgan fingerprint density at radius 3 is 2.89 bits per heavy atom. The van der Waals surface area contributed by atoms with Gasteiger partial charge >= 0.3 is 0 Å². The fraction of sp³-hybridized carbons (Fsp3) is 0.533. The molecule has 96 valence electrons. The lowest BCUT2D eigenvalue weighted by molar-refractivity contribution is 0.306. The highest BCUT2D eigenvalue weighted by Gasteiger charge is 2.27. The summed E-state index contributed by atoms with van der Waals surface area (Å²) in [4.78, 5) is 2.30. The Hall–Kier alpha value is -1.53. The Labute approximate surface area is 109 Å². The van der Waals surface area contributed by atoms with E-state index in [0.29, 0.717) is 12.0 Å². The van der Waals surface area contributed by atoms with Crippen molar-refractivity contribution in [3.63, 3.8) is 0 Å². The zero-order valence-corrected chi connectivity index (χ0v) is 11.0. The largest absolute Gasteiger partial charge is 0.371 e. The molecule has 1 aliphatic rings. The summed E-state index contributed by atoms with van der Waals surface area (Å²) in [6.45, 7) is 0.757. The van der Waals surface area contributed by atoms with E-state index in [1.165, 1.54) is 25.7 Å². The molecule has 1 aromatic carbocycles. The van der Waals surface area contributed by atoms with Crippen molar-refractivity contribution >= 4 is 5.69 Å². The van der Waals surface area contributed by atoms with Crippen LogP contribution in [0.15, 0.2) is 24.3 Å². The SMILES string of the molecule is CN(c1cccc(C#N)c1)C1CCCCC1CN. The molecule has 2 atom stereocenters. The van der Waals surface area contributed by atoms with Gasteiger partial charge in [0.15, 0.2) is 0 Å². The van der Waals surface area contributed by atoms with Gasteiger partial charge in [-0.3, -0.25) is 0 Å². The van der Waals surface area contributed by atoms with E-state index in [0.717, 1.165) is 17.8 Å². The van der Waals surface area contributed by atoms with Gasteiger partial charge in [-0.1, -0.05) is 18.9 Å². The number of rotatable bonds is 3. The van der Waals surface area contributed by atoms with Crippen molar-refractivity contribution in [1.29, 1.82) is 5.26 Å². The highest BCUT2D eigenvalue weighted by atomic mass is 15.1. The summed E-state index contributed by atoms with van der Waals surface area (Å²) in [5.41, 5.74) is 7.73. The molecule has 2 unspecified atom stereocenters. The molecule has 1 aliphatic carbocycles. The Morgan fingerprint density at radius 1 is 1.39 bits per heavy atom. The summed E-state index contributed by atoms with van der Waals surface area (Å²) in [7, 11) is 2.12. The highest BCUT2D eigenvalue weighted by molar-refractivity contribution is 5.51. The van der Waals surface area contributed by atoms with E-state index in [9.17, 15) is 0 Å². The summed E-state index contributed by atoms with van der Waals surface area (Å²) in [6.07, 6.45) is 5.01. The Balaban J connectivity index is 2.18. The maximum Gasteiger partial charge on any atom is 0.0992 e. The van der Waals surface area contributed by atoms with E-state index in [1.807, 2.05) is 18.2 Å². The maximum atomic E-state index is 8.96. The van der Waals surface area contributed by atoms with Gasteiger partial charge in [0.1, 0.15) is 0 Å². The first-order valence-electron chi connectivity index (χ1n) is 6.69. The minimum atomic E-state index is 0.512. The molecular formula is C15H21N3. The normalized spacial score (nSPS) is 23.4. The number of hydrogen-bond acceptors (Lipinski definition) is 3. The van der Waals surface area contributed by atoms with Crippen LogP contribution in [0, 0.1) is 17.2 Å². The van der Waals surface area contributed by atoms with Crippen LogP contribution in [0.1, 0.15) is 31.2 Å². The van der Waals surface area contributed by atoms with Gasteiger partial charge in [0, 0.05) is 18.8 Å². The Morgan fingerprint density at radius 2 is 2.17 bits per heavy atom. The van der Waals surface area contributed by atoms with Gasteiger partial charge in [0.2, 0.25) is 0 Å². The van der Waals surface area contributed by atoms with Crippen molar-refractivity contribution in [1.82, 2.24) is 0 Å². The molecule has 2 N–H and O–H groups in total. The third kappa shape index (κ3) is 2.65. The van der Waals surface area contributed by atoms with Gasteiger partial charge in [0.25, 0.3) is 0 Å².